The number of nitrogens with zero attached hydrogens (tertiary/aromatic N) is 1. The highest BCUT2D eigenvalue weighted by molar-refractivity contribution is 7.92. The number of amides is 1. The monoisotopic (exact) mass is 374 g/mol. The number of benzene rings is 2. The average Bonchev–Trinajstić information content (AvgIpc) is 2.57. The van der Waals surface area contributed by atoms with Gasteiger partial charge in [0.15, 0.2) is 0 Å². The van der Waals surface area contributed by atoms with Crippen LogP contribution in [0.2, 0.25) is 0 Å². The number of aryl methyl sites for hydroxylation is 2. The maximum Gasteiger partial charge on any atom is 0.232 e. The summed E-state index contributed by atoms with van der Waals surface area (Å²) >= 11 is 0. The first-order valence-corrected chi connectivity index (χ1v) is 10.5. The molecule has 6 heteroatoms. The summed E-state index contributed by atoms with van der Waals surface area (Å²) in [5.74, 6) is -0.0778. The molecule has 0 fully saturated rings. The van der Waals surface area contributed by atoms with Crippen molar-refractivity contribution in [3.05, 3.63) is 65.2 Å². The summed E-state index contributed by atoms with van der Waals surface area (Å²) in [5.41, 5.74) is 3.84. The first-order valence-electron chi connectivity index (χ1n) is 8.63. The zero-order valence-corrected chi connectivity index (χ0v) is 16.3. The van der Waals surface area contributed by atoms with Crippen molar-refractivity contribution >= 4 is 21.6 Å². The number of rotatable bonds is 8. The van der Waals surface area contributed by atoms with Gasteiger partial charge in [0.25, 0.3) is 0 Å². The minimum absolute atomic E-state index is 0.0778. The number of nitrogens with one attached hydrogen (secondary N) is 1. The topological polar surface area (TPSA) is 66.5 Å². The quantitative estimate of drug-likeness (QED) is 0.772. The van der Waals surface area contributed by atoms with Crippen molar-refractivity contribution in [2.75, 3.05) is 17.1 Å². The zero-order valence-electron chi connectivity index (χ0n) is 15.5. The Balaban J connectivity index is 1.89. The van der Waals surface area contributed by atoms with Gasteiger partial charge in [-0.25, -0.2) is 8.42 Å². The van der Waals surface area contributed by atoms with E-state index in [1.807, 2.05) is 56.3 Å². The van der Waals surface area contributed by atoms with Gasteiger partial charge in [-0.05, 0) is 49.1 Å². The molecule has 2 aromatic rings. The molecule has 2 rings (SSSR count). The van der Waals surface area contributed by atoms with Gasteiger partial charge >= 0.3 is 0 Å². The number of carbonyl (C=O) groups is 1. The molecule has 26 heavy (non-hydrogen) atoms. The van der Waals surface area contributed by atoms with E-state index in [1.165, 1.54) is 10.6 Å². The molecule has 0 aliphatic carbocycles. The van der Waals surface area contributed by atoms with E-state index in [-0.39, 0.29) is 18.9 Å². The van der Waals surface area contributed by atoms with Gasteiger partial charge in [0.2, 0.25) is 15.9 Å². The minimum Gasteiger partial charge on any atom is -0.352 e. The number of carbonyl (C=O) groups excluding carboxylic acids is 1. The maximum atomic E-state index is 12.1. The lowest BCUT2D eigenvalue weighted by molar-refractivity contribution is -0.121. The van der Waals surface area contributed by atoms with E-state index >= 15 is 0 Å². The van der Waals surface area contributed by atoms with Crippen LogP contribution in [0.3, 0.4) is 0 Å². The Bertz CT molecular complexity index is 863. The fourth-order valence-corrected chi connectivity index (χ4v) is 3.70. The van der Waals surface area contributed by atoms with Crippen LogP contribution in [0, 0.1) is 13.8 Å². The molecule has 140 valence electrons. The largest absolute Gasteiger partial charge is 0.352 e. The highest BCUT2D eigenvalue weighted by Crippen LogP contribution is 2.19. The van der Waals surface area contributed by atoms with Crippen molar-refractivity contribution in [3.63, 3.8) is 0 Å². The Labute approximate surface area is 156 Å². The third kappa shape index (κ3) is 5.88. The van der Waals surface area contributed by atoms with Crippen molar-refractivity contribution in [1.29, 1.82) is 0 Å². The summed E-state index contributed by atoms with van der Waals surface area (Å²) < 4.78 is 25.5. The van der Waals surface area contributed by atoms with Crippen molar-refractivity contribution in [2.24, 2.45) is 0 Å². The van der Waals surface area contributed by atoms with Crippen LogP contribution in [0.25, 0.3) is 0 Å². The summed E-state index contributed by atoms with van der Waals surface area (Å²) in [6.07, 6.45) is 1.93. The number of hydrogen-bond acceptors (Lipinski definition) is 3. The molecule has 0 aliphatic rings. The molecule has 0 atom stereocenters. The van der Waals surface area contributed by atoms with Crippen LogP contribution in [0.4, 0.5) is 5.69 Å². The Hall–Kier alpha value is -2.34. The molecule has 0 aliphatic heterocycles. The van der Waals surface area contributed by atoms with E-state index in [0.29, 0.717) is 18.7 Å². The average molecular weight is 375 g/mol. The molecular weight excluding hydrogens is 348 g/mol. The lowest BCUT2D eigenvalue weighted by atomic mass is 10.1. The van der Waals surface area contributed by atoms with Gasteiger partial charge in [-0.2, -0.15) is 0 Å². The van der Waals surface area contributed by atoms with Crippen molar-refractivity contribution in [3.8, 4) is 0 Å². The van der Waals surface area contributed by atoms with Gasteiger partial charge in [0, 0.05) is 19.5 Å². The van der Waals surface area contributed by atoms with Gasteiger partial charge in [0.05, 0.1) is 11.9 Å². The molecule has 0 bridgehead atoms. The van der Waals surface area contributed by atoms with Crippen LogP contribution < -0.4 is 9.62 Å². The Morgan fingerprint density at radius 1 is 1.08 bits per heavy atom. The van der Waals surface area contributed by atoms with Gasteiger partial charge in [-0.15, -0.1) is 0 Å². The SMILES string of the molecule is Cc1cccc(N(CCCC(=O)NCc2ccccc2C)S(C)(=O)=O)c1. The van der Waals surface area contributed by atoms with Crippen LogP contribution in [-0.4, -0.2) is 27.1 Å². The van der Waals surface area contributed by atoms with Crippen molar-refractivity contribution < 1.29 is 13.2 Å². The summed E-state index contributed by atoms with van der Waals surface area (Å²) in [7, 11) is -3.39. The highest BCUT2D eigenvalue weighted by atomic mass is 32.2. The normalized spacial score (nSPS) is 11.2. The molecular formula is C20H26N2O3S. The van der Waals surface area contributed by atoms with Crippen molar-refractivity contribution in [1.82, 2.24) is 5.32 Å². The molecule has 5 nitrogen and oxygen atoms in total. The molecule has 0 heterocycles. The molecule has 0 aromatic heterocycles. The molecule has 2 aromatic carbocycles. The maximum absolute atomic E-state index is 12.1. The van der Waals surface area contributed by atoms with Gasteiger partial charge in [0.1, 0.15) is 0 Å². The van der Waals surface area contributed by atoms with E-state index < -0.39 is 10.0 Å². The summed E-state index contributed by atoms with van der Waals surface area (Å²) in [5, 5.41) is 2.89. The lowest BCUT2D eigenvalue weighted by Crippen LogP contribution is -2.32. The molecule has 0 radical (unpaired) electrons. The molecule has 0 unspecified atom stereocenters. The fraction of sp³-hybridized carbons (Fsp3) is 0.350. The van der Waals surface area contributed by atoms with Gasteiger partial charge in [-0.3, -0.25) is 9.10 Å². The predicted molar refractivity (Wildman–Crippen MR) is 106 cm³/mol. The lowest BCUT2D eigenvalue weighted by Gasteiger charge is -2.22. The third-order valence-electron chi connectivity index (χ3n) is 4.19. The second-order valence-electron chi connectivity index (χ2n) is 6.48. The summed E-state index contributed by atoms with van der Waals surface area (Å²) in [6, 6.07) is 15.3. The minimum atomic E-state index is -3.39. The summed E-state index contributed by atoms with van der Waals surface area (Å²) in [4.78, 5) is 12.1. The second kappa shape index (κ2) is 8.85. The first-order chi connectivity index (χ1) is 12.3. The molecule has 0 saturated heterocycles. The fourth-order valence-electron chi connectivity index (χ4n) is 2.74. The van der Waals surface area contributed by atoms with Crippen LogP contribution >= 0.6 is 0 Å². The number of hydrogen-bond donors (Lipinski definition) is 1. The van der Waals surface area contributed by atoms with E-state index in [0.717, 1.165) is 16.7 Å². The standard InChI is InChI=1S/C20H26N2O3S/c1-16-8-6-11-19(14-16)22(26(3,24)25)13-7-12-20(23)21-15-18-10-5-4-9-17(18)2/h4-6,8-11,14H,7,12-13,15H2,1-3H3,(H,21,23). The van der Waals surface area contributed by atoms with E-state index in [9.17, 15) is 13.2 Å². The smallest absolute Gasteiger partial charge is 0.232 e. The second-order valence-corrected chi connectivity index (χ2v) is 8.39. The zero-order chi connectivity index (χ0) is 19.2. The van der Waals surface area contributed by atoms with Crippen LogP contribution in [0.15, 0.2) is 48.5 Å². The summed E-state index contributed by atoms with van der Waals surface area (Å²) in [6.45, 7) is 4.69. The van der Waals surface area contributed by atoms with E-state index in [2.05, 4.69) is 5.32 Å². The van der Waals surface area contributed by atoms with Gasteiger partial charge < -0.3 is 5.32 Å². The number of sulfonamides is 1. The van der Waals surface area contributed by atoms with E-state index in [1.54, 1.807) is 6.07 Å². The molecule has 1 N–H and O–H groups in total. The van der Waals surface area contributed by atoms with Crippen LogP contribution in [-0.2, 0) is 21.4 Å². The van der Waals surface area contributed by atoms with E-state index in [4.69, 9.17) is 0 Å². The third-order valence-corrected chi connectivity index (χ3v) is 5.39. The highest BCUT2D eigenvalue weighted by Gasteiger charge is 2.17. The predicted octanol–water partition coefficient (Wildman–Crippen LogP) is 3.17. The van der Waals surface area contributed by atoms with Crippen LogP contribution in [0.1, 0.15) is 29.5 Å². The first kappa shape index (κ1) is 20.0. The van der Waals surface area contributed by atoms with Crippen LogP contribution in [0.5, 0.6) is 0 Å². The Kier molecular flexibility index (Phi) is 6.80. The molecule has 1 amide bonds. The Morgan fingerprint density at radius 2 is 1.81 bits per heavy atom. The van der Waals surface area contributed by atoms with Gasteiger partial charge in [-0.1, -0.05) is 36.4 Å². The van der Waals surface area contributed by atoms with Crippen molar-refractivity contribution in [2.45, 2.75) is 33.2 Å². The molecule has 0 spiro atoms. The number of anilines is 1. The molecule has 0 saturated carbocycles. The Morgan fingerprint density at radius 3 is 2.46 bits per heavy atom.